The number of aliphatic hydroxyl groups excluding tert-OH is 2. The van der Waals surface area contributed by atoms with Crippen LogP contribution in [0.4, 0.5) is 4.79 Å². The fourth-order valence-electron chi connectivity index (χ4n) is 0.459. The number of hydrogen-bond acceptors (Lipinski definition) is 4. The summed E-state index contributed by atoms with van der Waals surface area (Å²) in [6.45, 7) is 0.263. The van der Waals surface area contributed by atoms with Crippen LogP contribution in [-0.2, 0) is 4.74 Å². The Bertz CT molecular complexity index is 107. The van der Waals surface area contributed by atoms with Crippen molar-refractivity contribution in [3.8, 4) is 0 Å². The van der Waals surface area contributed by atoms with Crippen LogP contribution in [0.15, 0.2) is 0 Å². The standard InChI is InChI=1S/C6H13NO4/c8-3-1-2-7-6(10)11-5-4-9/h8-9H,1-5H2,(H,7,10). The normalized spacial score (nSPS) is 9.27. The second kappa shape index (κ2) is 7.30. The Morgan fingerprint density at radius 3 is 2.64 bits per heavy atom. The third-order valence-corrected chi connectivity index (χ3v) is 0.929. The maximum atomic E-state index is 10.6. The van der Waals surface area contributed by atoms with E-state index in [1.807, 2.05) is 0 Å². The summed E-state index contributed by atoms with van der Waals surface area (Å²) in [6.07, 6.45) is -0.0543. The first kappa shape index (κ1) is 10.2. The molecule has 11 heavy (non-hydrogen) atoms. The van der Waals surface area contributed by atoms with Crippen molar-refractivity contribution in [1.82, 2.24) is 5.32 Å². The Kier molecular flexibility index (Phi) is 6.76. The number of nitrogens with one attached hydrogen (secondary N) is 1. The maximum Gasteiger partial charge on any atom is 0.407 e. The number of ether oxygens (including phenoxy) is 1. The number of amides is 1. The van der Waals surface area contributed by atoms with E-state index in [0.29, 0.717) is 13.0 Å². The molecule has 0 bridgehead atoms. The summed E-state index contributed by atoms with van der Waals surface area (Å²) < 4.78 is 4.46. The van der Waals surface area contributed by atoms with Crippen molar-refractivity contribution in [2.45, 2.75) is 6.42 Å². The number of aliphatic hydroxyl groups is 2. The van der Waals surface area contributed by atoms with Crippen molar-refractivity contribution >= 4 is 6.09 Å². The van der Waals surface area contributed by atoms with Crippen LogP contribution in [0.25, 0.3) is 0 Å². The van der Waals surface area contributed by atoms with Crippen LogP contribution in [0.5, 0.6) is 0 Å². The highest BCUT2D eigenvalue weighted by Gasteiger charge is 1.97. The number of rotatable bonds is 5. The number of alkyl carbamates (subject to hydrolysis) is 1. The van der Waals surface area contributed by atoms with Crippen LogP contribution in [0.3, 0.4) is 0 Å². The van der Waals surface area contributed by atoms with E-state index in [1.165, 1.54) is 0 Å². The molecule has 0 unspecified atom stereocenters. The van der Waals surface area contributed by atoms with Crippen LogP contribution in [-0.4, -0.2) is 42.7 Å². The van der Waals surface area contributed by atoms with E-state index < -0.39 is 6.09 Å². The van der Waals surface area contributed by atoms with Crippen LogP contribution < -0.4 is 5.32 Å². The molecule has 0 aromatic heterocycles. The smallest absolute Gasteiger partial charge is 0.407 e. The highest BCUT2D eigenvalue weighted by atomic mass is 16.6. The molecule has 0 atom stereocenters. The minimum Gasteiger partial charge on any atom is -0.447 e. The van der Waals surface area contributed by atoms with Gasteiger partial charge in [0.15, 0.2) is 0 Å². The Morgan fingerprint density at radius 1 is 1.36 bits per heavy atom. The van der Waals surface area contributed by atoms with Gasteiger partial charge in [0.2, 0.25) is 0 Å². The van der Waals surface area contributed by atoms with Crippen LogP contribution in [0.2, 0.25) is 0 Å². The van der Waals surface area contributed by atoms with E-state index in [0.717, 1.165) is 0 Å². The molecular formula is C6H13NO4. The highest BCUT2D eigenvalue weighted by Crippen LogP contribution is 1.77. The minimum atomic E-state index is -0.562. The lowest BCUT2D eigenvalue weighted by atomic mass is 10.5. The van der Waals surface area contributed by atoms with E-state index in [9.17, 15) is 4.79 Å². The van der Waals surface area contributed by atoms with E-state index in [4.69, 9.17) is 10.2 Å². The average molecular weight is 163 g/mol. The molecule has 1 amide bonds. The van der Waals surface area contributed by atoms with Gasteiger partial charge in [-0.1, -0.05) is 0 Å². The molecule has 0 heterocycles. The van der Waals surface area contributed by atoms with Gasteiger partial charge in [-0.25, -0.2) is 4.79 Å². The summed E-state index contributed by atoms with van der Waals surface area (Å²) in [4.78, 5) is 10.6. The zero-order valence-electron chi connectivity index (χ0n) is 6.25. The first-order valence-corrected chi connectivity index (χ1v) is 3.43. The van der Waals surface area contributed by atoms with Gasteiger partial charge in [-0.2, -0.15) is 0 Å². The van der Waals surface area contributed by atoms with Crippen molar-refractivity contribution in [2.75, 3.05) is 26.4 Å². The summed E-state index contributed by atoms with van der Waals surface area (Å²) in [5.41, 5.74) is 0. The zero-order valence-corrected chi connectivity index (χ0v) is 6.25. The van der Waals surface area contributed by atoms with E-state index in [2.05, 4.69) is 10.1 Å². The molecule has 0 rings (SSSR count). The molecule has 0 radical (unpaired) electrons. The van der Waals surface area contributed by atoms with Gasteiger partial charge in [-0.05, 0) is 6.42 Å². The molecule has 0 saturated heterocycles. The molecule has 0 aliphatic carbocycles. The second-order valence-electron chi connectivity index (χ2n) is 1.86. The summed E-state index contributed by atoms with van der Waals surface area (Å²) in [5, 5.41) is 19.0. The van der Waals surface area contributed by atoms with Crippen molar-refractivity contribution in [3.63, 3.8) is 0 Å². The number of carbonyl (C=O) groups is 1. The molecule has 0 fully saturated rings. The van der Waals surface area contributed by atoms with Gasteiger partial charge in [-0.3, -0.25) is 0 Å². The average Bonchev–Trinajstić information content (AvgIpc) is 2.01. The maximum absolute atomic E-state index is 10.6. The fourth-order valence-corrected chi connectivity index (χ4v) is 0.459. The molecule has 0 aliphatic rings. The lowest BCUT2D eigenvalue weighted by Gasteiger charge is -2.03. The first-order valence-electron chi connectivity index (χ1n) is 3.43. The predicted octanol–water partition coefficient (Wildman–Crippen LogP) is -0.913. The molecule has 5 nitrogen and oxygen atoms in total. The molecule has 3 N–H and O–H groups in total. The molecule has 66 valence electrons. The van der Waals surface area contributed by atoms with Crippen LogP contribution >= 0.6 is 0 Å². The molecule has 0 aromatic rings. The van der Waals surface area contributed by atoms with Gasteiger partial charge >= 0.3 is 6.09 Å². The monoisotopic (exact) mass is 163 g/mol. The summed E-state index contributed by atoms with van der Waals surface area (Å²) in [5.74, 6) is 0. The third-order valence-electron chi connectivity index (χ3n) is 0.929. The number of hydrogen-bond donors (Lipinski definition) is 3. The van der Waals surface area contributed by atoms with Gasteiger partial charge in [0.05, 0.1) is 6.61 Å². The lowest BCUT2D eigenvalue weighted by molar-refractivity contribution is 0.118. The number of carbonyl (C=O) groups excluding carboxylic acids is 1. The Balaban J connectivity index is 3.09. The Morgan fingerprint density at radius 2 is 2.09 bits per heavy atom. The quantitative estimate of drug-likeness (QED) is 0.458. The lowest BCUT2D eigenvalue weighted by Crippen LogP contribution is -2.26. The second-order valence-corrected chi connectivity index (χ2v) is 1.86. The first-order chi connectivity index (χ1) is 5.31. The van der Waals surface area contributed by atoms with Crippen LogP contribution in [0.1, 0.15) is 6.42 Å². The van der Waals surface area contributed by atoms with E-state index in [1.54, 1.807) is 0 Å². The van der Waals surface area contributed by atoms with Gasteiger partial charge in [0, 0.05) is 13.2 Å². The van der Waals surface area contributed by atoms with Gasteiger partial charge < -0.3 is 20.3 Å². The predicted molar refractivity (Wildman–Crippen MR) is 38.1 cm³/mol. The molecule has 0 spiro atoms. The topological polar surface area (TPSA) is 78.8 Å². The fraction of sp³-hybridized carbons (Fsp3) is 0.833. The zero-order chi connectivity index (χ0) is 8.53. The third kappa shape index (κ3) is 7.08. The largest absolute Gasteiger partial charge is 0.447 e. The van der Waals surface area contributed by atoms with Gasteiger partial charge in [0.1, 0.15) is 6.61 Å². The van der Waals surface area contributed by atoms with E-state index >= 15 is 0 Å². The molecule has 0 saturated carbocycles. The summed E-state index contributed by atoms with van der Waals surface area (Å²) in [6, 6.07) is 0. The summed E-state index contributed by atoms with van der Waals surface area (Å²) >= 11 is 0. The van der Waals surface area contributed by atoms with Crippen molar-refractivity contribution in [2.24, 2.45) is 0 Å². The molecule has 0 aromatic carbocycles. The van der Waals surface area contributed by atoms with E-state index in [-0.39, 0.29) is 19.8 Å². The highest BCUT2D eigenvalue weighted by molar-refractivity contribution is 5.66. The van der Waals surface area contributed by atoms with Crippen molar-refractivity contribution < 1.29 is 19.7 Å². The van der Waals surface area contributed by atoms with Crippen molar-refractivity contribution in [1.29, 1.82) is 0 Å². The molecule has 0 aliphatic heterocycles. The Hall–Kier alpha value is -0.810. The molecule has 5 heteroatoms. The molecular weight excluding hydrogens is 150 g/mol. The van der Waals surface area contributed by atoms with Gasteiger partial charge in [-0.15, -0.1) is 0 Å². The van der Waals surface area contributed by atoms with Crippen LogP contribution in [0, 0.1) is 0 Å². The minimum absolute atomic E-state index is 0.00492. The summed E-state index contributed by atoms with van der Waals surface area (Å²) in [7, 11) is 0. The SMILES string of the molecule is O=C(NCCCO)OCCO. The van der Waals surface area contributed by atoms with Crippen molar-refractivity contribution in [3.05, 3.63) is 0 Å². The van der Waals surface area contributed by atoms with Gasteiger partial charge in [0.25, 0.3) is 0 Å². The Labute approximate surface area is 65.0 Å².